The minimum atomic E-state index is -4.99. The molecule has 0 aromatic heterocycles. The maximum atomic E-state index is 11.6. The summed E-state index contributed by atoms with van der Waals surface area (Å²) in [6.07, 6.45) is -0.752. The molecule has 13 heavy (non-hydrogen) atoms. The second kappa shape index (κ2) is 3.46. The minimum Gasteiger partial charge on any atom is -0.314 e. The van der Waals surface area contributed by atoms with E-state index < -0.39 is 12.1 Å². The van der Waals surface area contributed by atoms with Crippen molar-refractivity contribution in [3.63, 3.8) is 0 Å². The lowest BCUT2D eigenvalue weighted by atomic mass is 10.5. The van der Waals surface area contributed by atoms with E-state index in [4.69, 9.17) is 0 Å². The van der Waals surface area contributed by atoms with E-state index in [9.17, 15) is 18.0 Å². The maximum absolute atomic E-state index is 11.6. The highest BCUT2D eigenvalue weighted by Gasteiger charge is 2.42. The largest absolute Gasteiger partial charge is 0.493 e. The van der Waals surface area contributed by atoms with Crippen LogP contribution in [0.1, 0.15) is 0 Å². The van der Waals surface area contributed by atoms with Crippen LogP contribution in [0, 0.1) is 0 Å². The van der Waals surface area contributed by atoms with Gasteiger partial charge in [-0.15, -0.1) is 10.3 Å². The van der Waals surface area contributed by atoms with Gasteiger partial charge in [0.15, 0.2) is 0 Å². The standard InChI is InChI=1S/C6H5F3N2O2/c7-6(8,9)5(12)13-11-4-2-1-3-10-11/h1-3H,4H2. The van der Waals surface area contributed by atoms with Crippen LogP contribution in [0.15, 0.2) is 17.3 Å². The van der Waals surface area contributed by atoms with E-state index in [0.717, 1.165) is 0 Å². The summed E-state index contributed by atoms with van der Waals surface area (Å²) in [6.45, 7) is 0.0122. The van der Waals surface area contributed by atoms with Crippen molar-refractivity contribution in [2.24, 2.45) is 5.10 Å². The molecule has 72 valence electrons. The van der Waals surface area contributed by atoms with E-state index in [2.05, 4.69) is 9.94 Å². The Kier molecular flexibility index (Phi) is 2.54. The fraction of sp³-hybridized carbons (Fsp3) is 0.333. The zero-order valence-corrected chi connectivity index (χ0v) is 6.28. The summed E-state index contributed by atoms with van der Waals surface area (Å²) in [5.74, 6) is -2.28. The van der Waals surface area contributed by atoms with Crippen LogP contribution in [-0.4, -0.2) is 30.1 Å². The second-order valence-corrected chi connectivity index (χ2v) is 2.10. The highest BCUT2D eigenvalue weighted by atomic mass is 19.4. The minimum absolute atomic E-state index is 0.0122. The summed E-state index contributed by atoms with van der Waals surface area (Å²) in [4.78, 5) is 14.1. The van der Waals surface area contributed by atoms with Crippen LogP contribution in [0.4, 0.5) is 13.2 Å². The predicted molar refractivity (Wildman–Crippen MR) is 36.5 cm³/mol. The zero-order chi connectivity index (χ0) is 9.90. The first kappa shape index (κ1) is 9.56. The van der Waals surface area contributed by atoms with Crippen molar-refractivity contribution in [3.8, 4) is 0 Å². The first-order valence-electron chi connectivity index (χ1n) is 3.26. The van der Waals surface area contributed by atoms with E-state index in [1.54, 1.807) is 0 Å². The predicted octanol–water partition coefficient (Wildman–Crippen LogP) is 0.864. The number of hydrogen-bond donors (Lipinski definition) is 0. The van der Waals surface area contributed by atoms with Gasteiger partial charge >= 0.3 is 12.1 Å². The molecule has 0 N–H and O–H groups in total. The Bertz CT molecular complexity index is 259. The molecule has 0 unspecified atom stereocenters. The first-order valence-corrected chi connectivity index (χ1v) is 3.26. The maximum Gasteiger partial charge on any atom is 0.493 e. The average Bonchev–Trinajstić information content (AvgIpc) is 2.04. The van der Waals surface area contributed by atoms with Crippen molar-refractivity contribution in [2.45, 2.75) is 6.18 Å². The number of halogens is 3. The molecule has 1 rings (SSSR count). The third-order valence-corrected chi connectivity index (χ3v) is 1.10. The number of allylic oxidation sites excluding steroid dienone is 1. The van der Waals surface area contributed by atoms with Crippen LogP contribution in [0.25, 0.3) is 0 Å². The van der Waals surface area contributed by atoms with Crippen LogP contribution in [0.5, 0.6) is 0 Å². The molecule has 0 saturated heterocycles. The SMILES string of the molecule is O=C(ON1CC=CC=N1)C(F)(F)F. The lowest BCUT2D eigenvalue weighted by Crippen LogP contribution is -2.33. The van der Waals surface area contributed by atoms with Gasteiger partial charge < -0.3 is 4.84 Å². The highest BCUT2D eigenvalue weighted by molar-refractivity contribution is 5.75. The van der Waals surface area contributed by atoms with E-state index in [-0.39, 0.29) is 6.54 Å². The molecule has 0 spiro atoms. The van der Waals surface area contributed by atoms with Gasteiger partial charge in [-0.1, -0.05) is 6.08 Å². The van der Waals surface area contributed by atoms with Crippen molar-refractivity contribution in [2.75, 3.05) is 6.54 Å². The Morgan fingerprint density at radius 1 is 1.54 bits per heavy atom. The van der Waals surface area contributed by atoms with Crippen molar-refractivity contribution in [1.29, 1.82) is 0 Å². The monoisotopic (exact) mass is 194 g/mol. The van der Waals surface area contributed by atoms with E-state index >= 15 is 0 Å². The third-order valence-electron chi connectivity index (χ3n) is 1.10. The van der Waals surface area contributed by atoms with Crippen molar-refractivity contribution in [3.05, 3.63) is 12.2 Å². The van der Waals surface area contributed by atoms with Gasteiger partial charge in [0.1, 0.15) is 0 Å². The third kappa shape index (κ3) is 2.77. The summed E-state index contributed by atoms with van der Waals surface area (Å²) >= 11 is 0. The molecule has 1 heterocycles. The number of hydrazone groups is 1. The molecule has 4 nitrogen and oxygen atoms in total. The normalized spacial score (nSPS) is 16.1. The number of carbonyl (C=O) groups excluding carboxylic acids is 1. The Labute approximate surface area is 71.2 Å². The number of hydroxylamine groups is 1. The quantitative estimate of drug-likeness (QED) is 0.621. The van der Waals surface area contributed by atoms with Gasteiger partial charge in [-0.2, -0.15) is 13.2 Å². The van der Waals surface area contributed by atoms with Crippen molar-refractivity contribution < 1.29 is 22.8 Å². The molecule has 0 aromatic carbocycles. The van der Waals surface area contributed by atoms with Crippen LogP contribution < -0.4 is 0 Å². The number of alkyl halides is 3. The first-order chi connectivity index (χ1) is 6.00. The number of nitrogens with zero attached hydrogens (tertiary/aromatic N) is 2. The topological polar surface area (TPSA) is 41.9 Å². The van der Waals surface area contributed by atoms with E-state index in [0.29, 0.717) is 5.17 Å². The summed E-state index contributed by atoms with van der Waals surface area (Å²) in [5.41, 5.74) is 0. The molecule has 1 aliphatic rings. The Morgan fingerprint density at radius 3 is 2.69 bits per heavy atom. The summed E-state index contributed by atoms with van der Waals surface area (Å²) < 4.78 is 34.9. The van der Waals surface area contributed by atoms with Crippen LogP contribution >= 0.6 is 0 Å². The molecule has 1 aliphatic heterocycles. The fourth-order valence-corrected chi connectivity index (χ4v) is 0.580. The van der Waals surface area contributed by atoms with Crippen molar-refractivity contribution in [1.82, 2.24) is 5.17 Å². The van der Waals surface area contributed by atoms with E-state index in [1.165, 1.54) is 18.4 Å². The van der Waals surface area contributed by atoms with Crippen LogP contribution in [-0.2, 0) is 9.63 Å². The summed E-state index contributed by atoms with van der Waals surface area (Å²) in [7, 11) is 0. The Hall–Kier alpha value is -1.53. The highest BCUT2D eigenvalue weighted by Crippen LogP contribution is 2.17. The molecular weight excluding hydrogens is 189 g/mol. The molecule has 7 heteroatoms. The van der Waals surface area contributed by atoms with E-state index in [1.807, 2.05) is 0 Å². The van der Waals surface area contributed by atoms with Gasteiger partial charge in [-0.3, -0.25) is 0 Å². The van der Waals surface area contributed by atoms with Gasteiger partial charge in [-0.05, 0) is 6.08 Å². The average molecular weight is 194 g/mol. The molecular formula is C6H5F3N2O2. The smallest absolute Gasteiger partial charge is 0.314 e. The number of carbonyl (C=O) groups is 1. The second-order valence-electron chi connectivity index (χ2n) is 2.10. The lowest BCUT2D eigenvalue weighted by Gasteiger charge is -2.17. The molecule has 0 bridgehead atoms. The van der Waals surface area contributed by atoms with Crippen LogP contribution in [0.3, 0.4) is 0 Å². The number of rotatable bonds is 1. The zero-order valence-electron chi connectivity index (χ0n) is 6.28. The van der Waals surface area contributed by atoms with Gasteiger partial charge in [0.05, 0.1) is 12.8 Å². The lowest BCUT2D eigenvalue weighted by molar-refractivity contribution is -0.237. The number of hydrogen-bond acceptors (Lipinski definition) is 4. The molecule has 0 aliphatic carbocycles. The molecule has 0 aromatic rings. The molecule has 0 amide bonds. The molecule has 0 saturated carbocycles. The molecule has 0 radical (unpaired) electrons. The van der Waals surface area contributed by atoms with Gasteiger partial charge in [0.2, 0.25) is 0 Å². The fourth-order valence-electron chi connectivity index (χ4n) is 0.580. The van der Waals surface area contributed by atoms with Crippen LogP contribution in [0.2, 0.25) is 0 Å². The van der Waals surface area contributed by atoms with Crippen molar-refractivity contribution >= 4 is 12.2 Å². The summed E-state index contributed by atoms with van der Waals surface area (Å²) in [6, 6.07) is 0. The summed E-state index contributed by atoms with van der Waals surface area (Å²) in [5, 5.41) is 3.91. The molecule has 0 atom stereocenters. The van der Waals surface area contributed by atoms with Gasteiger partial charge in [-0.25, -0.2) is 4.79 Å². The van der Waals surface area contributed by atoms with Gasteiger partial charge in [0.25, 0.3) is 0 Å². The van der Waals surface area contributed by atoms with Gasteiger partial charge in [0, 0.05) is 0 Å². The molecule has 0 fully saturated rings. The Morgan fingerprint density at radius 2 is 2.23 bits per heavy atom. The Balaban J connectivity index is 2.46.